The number of aryl methyl sites for hydroxylation is 1. The van der Waals surface area contributed by atoms with Crippen molar-refractivity contribution in [2.45, 2.75) is 26.6 Å². The van der Waals surface area contributed by atoms with Crippen LogP contribution < -0.4 is 15.0 Å². The zero-order valence-electron chi connectivity index (χ0n) is 37.1. The normalized spacial score (nSPS) is 12.2. The molecule has 0 spiro atoms. The molecular weight excluding hydrogens is 825 g/mol. The van der Waals surface area contributed by atoms with Crippen molar-refractivity contribution in [3.8, 4) is 0 Å². The fourth-order valence-corrected chi connectivity index (χ4v) is 11.4. The molecule has 3 aromatic heterocycles. The molecule has 0 amide bonds. The standard InChI is InChI=1S/C60H44N2O3Si/c1-37-27-29-38(30-28-37)61(51-23-13-21-47-43-17-9-11-25-55(43)63-59(47)51)53-35-49-50-36-54(42-16-6-8-20-46(42)58(50)65-57(49)45-19-7-5-15-41(45)53)62(39-31-33-40(34-32-39)66(2,3)4)52-24-14-22-48-44-18-10-12-26-56(44)64-60(48)52/h5-36H,1-4H3. The molecule has 0 unspecified atom stereocenters. The first kappa shape index (κ1) is 38.4. The van der Waals surface area contributed by atoms with Crippen molar-refractivity contribution in [3.63, 3.8) is 0 Å². The first-order valence-corrected chi connectivity index (χ1v) is 26.2. The first-order chi connectivity index (χ1) is 32.3. The smallest absolute Gasteiger partial charge is 0.159 e. The van der Waals surface area contributed by atoms with E-state index in [-0.39, 0.29) is 0 Å². The minimum atomic E-state index is -1.59. The molecule has 0 atom stereocenters. The van der Waals surface area contributed by atoms with E-state index in [0.717, 1.165) is 121 Å². The second-order valence-electron chi connectivity index (χ2n) is 18.5. The van der Waals surface area contributed by atoms with Gasteiger partial charge in [-0.25, -0.2) is 0 Å². The van der Waals surface area contributed by atoms with Crippen LogP contribution in [0.25, 0.3) is 87.4 Å². The van der Waals surface area contributed by atoms with Crippen LogP contribution in [0.1, 0.15) is 5.56 Å². The number of rotatable bonds is 7. The largest absolute Gasteiger partial charge is 0.455 e. The lowest BCUT2D eigenvalue weighted by molar-refractivity contribution is 0.669. The molecular formula is C60H44N2O3Si. The average molecular weight is 869 g/mol. The summed E-state index contributed by atoms with van der Waals surface area (Å²) in [7, 11) is -1.59. The Hall–Kier alpha value is -8.06. The highest BCUT2D eigenvalue weighted by molar-refractivity contribution is 6.88. The van der Waals surface area contributed by atoms with Gasteiger partial charge in [0.15, 0.2) is 11.2 Å². The van der Waals surface area contributed by atoms with Gasteiger partial charge in [0, 0.05) is 65.2 Å². The minimum absolute atomic E-state index is 0.837. The number of benzene rings is 10. The fraction of sp³-hybridized carbons (Fsp3) is 0.0667. The lowest BCUT2D eigenvalue weighted by Gasteiger charge is -2.28. The van der Waals surface area contributed by atoms with Crippen molar-refractivity contribution in [1.29, 1.82) is 0 Å². The van der Waals surface area contributed by atoms with E-state index in [9.17, 15) is 0 Å². The highest BCUT2D eigenvalue weighted by atomic mass is 28.3. The average Bonchev–Trinajstić information content (AvgIpc) is 4.05. The van der Waals surface area contributed by atoms with Crippen LogP contribution in [0, 0.1) is 6.92 Å². The van der Waals surface area contributed by atoms with Gasteiger partial charge in [-0.05, 0) is 67.6 Å². The van der Waals surface area contributed by atoms with Crippen LogP contribution in [0.15, 0.2) is 207 Å². The Morgan fingerprint density at radius 1 is 0.318 bits per heavy atom. The zero-order valence-corrected chi connectivity index (χ0v) is 38.1. The number of para-hydroxylation sites is 4. The maximum absolute atomic E-state index is 7.19. The highest BCUT2D eigenvalue weighted by Gasteiger charge is 2.27. The second-order valence-corrected chi connectivity index (χ2v) is 23.6. The topological polar surface area (TPSA) is 45.9 Å². The van der Waals surface area contributed by atoms with Crippen molar-refractivity contribution >= 4 is 135 Å². The molecule has 10 aromatic carbocycles. The van der Waals surface area contributed by atoms with Gasteiger partial charge in [0.1, 0.15) is 22.3 Å². The minimum Gasteiger partial charge on any atom is -0.455 e. The van der Waals surface area contributed by atoms with Crippen molar-refractivity contribution < 1.29 is 13.3 Å². The number of hydrogen-bond donors (Lipinski definition) is 0. The van der Waals surface area contributed by atoms with Gasteiger partial charge >= 0.3 is 0 Å². The predicted molar refractivity (Wildman–Crippen MR) is 280 cm³/mol. The van der Waals surface area contributed by atoms with Gasteiger partial charge in [-0.15, -0.1) is 0 Å². The molecule has 3 heterocycles. The molecule has 0 saturated carbocycles. The molecule has 13 aromatic rings. The summed E-state index contributed by atoms with van der Waals surface area (Å²) in [4.78, 5) is 4.75. The van der Waals surface area contributed by atoms with Gasteiger partial charge in [-0.1, -0.05) is 164 Å². The number of anilines is 6. The third-order valence-corrected chi connectivity index (χ3v) is 15.5. The lowest BCUT2D eigenvalue weighted by atomic mass is 9.99. The molecule has 316 valence electrons. The fourth-order valence-electron chi connectivity index (χ4n) is 10.2. The molecule has 5 nitrogen and oxygen atoms in total. The molecule has 0 bridgehead atoms. The van der Waals surface area contributed by atoms with Crippen LogP contribution in [0.3, 0.4) is 0 Å². The van der Waals surface area contributed by atoms with Gasteiger partial charge in [0.2, 0.25) is 0 Å². The molecule has 0 aliphatic rings. The summed E-state index contributed by atoms with van der Waals surface area (Å²) < 4.78 is 20.8. The third kappa shape index (κ3) is 5.85. The van der Waals surface area contributed by atoms with E-state index >= 15 is 0 Å². The van der Waals surface area contributed by atoms with Crippen molar-refractivity contribution in [2.75, 3.05) is 9.80 Å². The number of hydrogen-bond acceptors (Lipinski definition) is 5. The van der Waals surface area contributed by atoms with E-state index in [1.54, 1.807) is 0 Å². The summed E-state index contributed by atoms with van der Waals surface area (Å²) >= 11 is 0. The maximum atomic E-state index is 7.19. The van der Waals surface area contributed by atoms with E-state index < -0.39 is 8.07 Å². The predicted octanol–water partition coefficient (Wildman–Crippen LogP) is 17.5. The van der Waals surface area contributed by atoms with Gasteiger partial charge < -0.3 is 23.1 Å². The van der Waals surface area contributed by atoms with Crippen molar-refractivity contribution in [2.24, 2.45) is 0 Å². The highest BCUT2D eigenvalue weighted by Crippen LogP contribution is 2.51. The number of fused-ring (bicyclic) bond motifs is 13. The summed E-state index contributed by atoms with van der Waals surface area (Å²) in [6, 6.07) is 69.5. The zero-order chi connectivity index (χ0) is 44.3. The second kappa shape index (κ2) is 14.5. The molecule has 6 heteroatoms. The van der Waals surface area contributed by atoms with E-state index in [1.807, 2.05) is 12.1 Å². The Kier molecular flexibility index (Phi) is 8.42. The SMILES string of the molecule is Cc1ccc(N(c2cc3c4cc(N(c5ccc([Si](C)(C)C)cc5)c5cccc6c5oc5ccccc56)c5ccccc5c4oc3c3ccccc23)c2cccc3c2oc2ccccc23)cc1. The van der Waals surface area contributed by atoms with Gasteiger partial charge in [0.25, 0.3) is 0 Å². The van der Waals surface area contributed by atoms with Crippen LogP contribution in [0.2, 0.25) is 19.6 Å². The van der Waals surface area contributed by atoms with E-state index in [4.69, 9.17) is 13.3 Å². The van der Waals surface area contributed by atoms with Crippen LogP contribution in [-0.4, -0.2) is 8.07 Å². The summed E-state index contributed by atoms with van der Waals surface area (Å²) in [6.45, 7) is 9.33. The maximum Gasteiger partial charge on any atom is 0.159 e. The Morgan fingerprint density at radius 3 is 1.15 bits per heavy atom. The monoisotopic (exact) mass is 868 g/mol. The van der Waals surface area contributed by atoms with E-state index in [0.29, 0.717) is 0 Å². The van der Waals surface area contributed by atoms with Crippen LogP contribution in [0.5, 0.6) is 0 Å². The summed E-state index contributed by atoms with van der Waals surface area (Å²) in [6.07, 6.45) is 0. The molecule has 0 radical (unpaired) electrons. The Balaban J connectivity index is 1.13. The van der Waals surface area contributed by atoms with Gasteiger partial charge in [0.05, 0.1) is 30.8 Å². The van der Waals surface area contributed by atoms with Crippen LogP contribution >= 0.6 is 0 Å². The molecule has 0 saturated heterocycles. The van der Waals surface area contributed by atoms with Crippen LogP contribution in [-0.2, 0) is 0 Å². The Bertz CT molecular complexity index is 4060. The molecule has 0 aliphatic heterocycles. The molecule has 13 rings (SSSR count). The quantitative estimate of drug-likeness (QED) is 0.149. The van der Waals surface area contributed by atoms with Gasteiger partial charge in [-0.2, -0.15) is 0 Å². The summed E-state index contributed by atoms with van der Waals surface area (Å²) in [5, 5.41) is 12.0. The molecule has 0 N–H and O–H groups in total. The number of nitrogens with zero attached hydrogens (tertiary/aromatic N) is 2. The van der Waals surface area contributed by atoms with Crippen molar-refractivity contribution in [1.82, 2.24) is 0 Å². The summed E-state index contributed by atoms with van der Waals surface area (Å²) in [5.74, 6) is 0. The Morgan fingerprint density at radius 2 is 0.697 bits per heavy atom. The third-order valence-electron chi connectivity index (χ3n) is 13.5. The molecule has 0 aliphatic carbocycles. The van der Waals surface area contributed by atoms with Gasteiger partial charge in [-0.3, -0.25) is 0 Å². The van der Waals surface area contributed by atoms with E-state index in [1.165, 1.54) is 10.8 Å². The van der Waals surface area contributed by atoms with E-state index in [2.05, 4.69) is 218 Å². The number of furan rings is 3. The Labute approximate surface area is 382 Å². The summed E-state index contributed by atoms with van der Waals surface area (Å²) in [5.41, 5.74) is 12.4. The molecule has 0 fully saturated rings. The first-order valence-electron chi connectivity index (χ1n) is 22.7. The van der Waals surface area contributed by atoms with Crippen molar-refractivity contribution in [3.05, 3.63) is 200 Å². The lowest BCUT2D eigenvalue weighted by Crippen LogP contribution is -2.37. The molecule has 66 heavy (non-hydrogen) atoms. The van der Waals surface area contributed by atoms with Crippen LogP contribution in [0.4, 0.5) is 34.1 Å².